The Morgan fingerprint density at radius 3 is 2.72 bits per heavy atom. The number of rotatable bonds is 10. The summed E-state index contributed by atoms with van der Waals surface area (Å²) in [7, 11) is 0. The zero-order valence-corrected chi connectivity index (χ0v) is 17.0. The molecule has 1 aromatic heterocycles. The van der Waals surface area contributed by atoms with Crippen LogP contribution in [0.4, 0.5) is 5.13 Å². The van der Waals surface area contributed by atoms with Crippen LogP contribution < -0.4 is 10.2 Å². The Balaban J connectivity index is 1.43. The zero-order chi connectivity index (χ0) is 20.3. The standard InChI is InChI=1S/C22H23N3O3S/c1-2-27-21(26)9-6-14-28-19-12-10-17(11-13-19)15-23-25-22-24-20(16-29-22)18-7-4-3-5-8-18/h3-5,7-8,10-13,15-16H,2,6,9,14H2,1H3,(H,24,25). The highest BCUT2D eigenvalue weighted by Gasteiger charge is 2.03. The van der Waals surface area contributed by atoms with E-state index in [-0.39, 0.29) is 5.97 Å². The topological polar surface area (TPSA) is 72.8 Å². The summed E-state index contributed by atoms with van der Waals surface area (Å²) in [5.74, 6) is 0.567. The van der Waals surface area contributed by atoms with Gasteiger partial charge >= 0.3 is 5.97 Å². The molecule has 1 heterocycles. The average Bonchev–Trinajstić information content (AvgIpc) is 3.22. The van der Waals surface area contributed by atoms with E-state index < -0.39 is 0 Å². The first-order valence-electron chi connectivity index (χ1n) is 9.43. The van der Waals surface area contributed by atoms with Crippen LogP contribution in [0, 0.1) is 0 Å². The second kappa shape index (κ2) is 11.0. The van der Waals surface area contributed by atoms with Crippen LogP contribution >= 0.6 is 11.3 Å². The molecule has 0 atom stereocenters. The number of nitrogens with zero attached hydrogens (tertiary/aromatic N) is 2. The molecule has 1 N–H and O–H groups in total. The number of ether oxygens (including phenoxy) is 2. The number of esters is 1. The van der Waals surface area contributed by atoms with E-state index in [1.807, 2.05) is 60.0 Å². The summed E-state index contributed by atoms with van der Waals surface area (Å²) >= 11 is 1.51. The van der Waals surface area contributed by atoms with Crippen molar-refractivity contribution in [3.8, 4) is 17.0 Å². The molecule has 29 heavy (non-hydrogen) atoms. The largest absolute Gasteiger partial charge is 0.494 e. The predicted octanol–water partition coefficient (Wildman–Crippen LogP) is 4.98. The van der Waals surface area contributed by atoms with Crippen molar-refractivity contribution in [2.75, 3.05) is 18.6 Å². The van der Waals surface area contributed by atoms with Crippen molar-refractivity contribution < 1.29 is 14.3 Å². The van der Waals surface area contributed by atoms with Gasteiger partial charge in [0.05, 0.1) is 25.1 Å². The minimum absolute atomic E-state index is 0.189. The number of carbonyl (C=O) groups excluding carboxylic acids is 1. The maximum Gasteiger partial charge on any atom is 0.305 e. The lowest BCUT2D eigenvalue weighted by molar-refractivity contribution is -0.143. The fraction of sp³-hybridized carbons (Fsp3) is 0.227. The second-order valence-electron chi connectivity index (χ2n) is 6.10. The van der Waals surface area contributed by atoms with Gasteiger partial charge < -0.3 is 9.47 Å². The molecule has 3 aromatic rings. The first kappa shape index (κ1) is 20.5. The molecule has 0 amide bonds. The Bertz CT molecular complexity index is 924. The third-order valence-electron chi connectivity index (χ3n) is 3.93. The summed E-state index contributed by atoms with van der Waals surface area (Å²) in [5, 5.41) is 6.98. The maximum atomic E-state index is 11.3. The summed E-state index contributed by atoms with van der Waals surface area (Å²) in [6, 6.07) is 17.6. The number of benzene rings is 2. The fourth-order valence-electron chi connectivity index (χ4n) is 2.52. The van der Waals surface area contributed by atoms with E-state index in [0.29, 0.717) is 26.1 Å². The van der Waals surface area contributed by atoms with Crippen LogP contribution in [0.15, 0.2) is 65.1 Å². The molecule has 6 nitrogen and oxygen atoms in total. The summed E-state index contributed by atoms with van der Waals surface area (Å²) in [5.41, 5.74) is 5.91. The first-order chi connectivity index (χ1) is 14.2. The van der Waals surface area contributed by atoms with Gasteiger partial charge in [0.1, 0.15) is 5.75 Å². The number of anilines is 1. The molecule has 150 valence electrons. The van der Waals surface area contributed by atoms with Gasteiger partial charge in [-0.05, 0) is 43.2 Å². The lowest BCUT2D eigenvalue weighted by atomic mass is 10.2. The molecule has 0 aliphatic heterocycles. The molecule has 0 saturated carbocycles. The molecule has 3 rings (SSSR count). The smallest absolute Gasteiger partial charge is 0.305 e. The van der Waals surface area contributed by atoms with Gasteiger partial charge in [-0.25, -0.2) is 4.98 Å². The van der Waals surface area contributed by atoms with Crippen LogP contribution in [0.25, 0.3) is 11.3 Å². The number of hydrazone groups is 1. The highest BCUT2D eigenvalue weighted by Crippen LogP contribution is 2.24. The van der Waals surface area contributed by atoms with Crippen LogP contribution in [-0.2, 0) is 9.53 Å². The van der Waals surface area contributed by atoms with E-state index in [2.05, 4.69) is 15.5 Å². The molecule has 0 aliphatic rings. The number of aromatic nitrogens is 1. The third-order valence-corrected chi connectivity index (χ3v) is 4.67. The summed E-state index contributed by atoms with van der Waals surface area (Å²) in [6.45, 7) is 2.68. The van der Waals surface area contributed by atoms with E-state index >= 15 is 0 Å². The van der Waals surface area contributed by atoms with Gasteiger partial charge in [0, 0.05) is 17.4 Å². The quantitative estimate of drug-likeness (QED) is 0.221. The lowest BCUT2D eigenvalue weighted by Gasteiger charge is -2.06. The van der Waals surface area contributed by atoms with Gasteiger partial charge in [-0.15, -0.1) is 11.3 Å². The van der Waals surface area contributed by atoms with Crippen LogP contribution in [0.3, 0.4) is 0 Å². The van der Waals surface area contributed by atoms with Crippen molar-refractivity contribution in [1.82, 2.24) is 4.98 Å². The number of hydrogen-bond acceptors (Lipinski definition) is 7. The number of nitrogens with one attached hydrogen (secondary N) is 1. The SMILES string of the molecule is CCOC(=O)CCCOc1ccc(C=NNc2nc(-c3ccccc3)cs2)cc1. The second-order valence-corrected chi connectivity index (χ2v) is 6.96. The minimum Gasteiger partial charge on any atom is -0.494 e. The van der Waals surface area contributed by atoms with Gasteiger partial charge in [0.15, 0.2) is 0 Å². The van der Waals surface area contributed by atoms with E-state index in [0.717, 1.165) is 27.7 Å². The zero-order valence-electron chi connectivity index (χ0n) is 16.2. The van der Waals surface area contributed by atoms with Crippen molar-refractivity contribution in [3.05, 3.63) is 65.5 Å². The van der Waals surface area contributed by atoms with Crippen molar-refractivity contribution in [1.29, 1.82) is 0 Å². The van der Waals surface area contributed by atoms with E-state index in [4.69, 9.17) is 9.47 Å². The molecule has 0 saturated heterocycles. The van der Waals surface area contributed by atoms with E-state index in [9.17, 15) is 4.79 Å². The van der Waals surface area contributed by atoms with Gasteiger partial charge in [0.2, 0.25) is 5.13 Å². The molecular formula is C22H23N3O3S. The number of hydrogen-bond donors (Lipinski definition) is 1. The highest BCUT2D eigenvalue weighted by atomic mass is 32.1. The highest BCUT2D eigenvalue weighted by molar-refractivity contribution is 7.14. The summed E-state index contributed by atoms with van der Waals surface area (Å²) < 4.78 is 10.5. The van der Waals surface area contributed by atoms with Crippen LogP contribution in [0.5, 0.6) is 5.75 Å². The summed E-state index contributed by atoms with van der Waals surface area (Å²) in [4.78, 5) is 15.8. The molecule has 0 aliphatic carbocycles. The Kier molecular flexibility index (Phi) is 7.77. The van der Waals surface area contributed by atoms with Gasteiger partial charge in [-0.2, -0.15) is 5.10 Å². The van der Waals surface area contributed by atoms with E-state index in [1.54, 1.807) is 13.1 Å². The molecule has 2 aromatic carbocycles. The number of carbonyl (C=O) groups is 1. The van der Waals surface area contributed by atoms with Crippen molar-refractivity contribution >= 4 is 28.7 Å². The molecule has 0 spiro atoms. The van der Waals surface area contributed by atoms with Gasteiger partial charge in [0.25, 0.3) is 0 Å². The minimum atomic E-state index is -0.189. The molecular weight excluding hydrogens is 386 g/mol. The number of thiazole rings is 1. The molecule has 7 heteroatoms. The molecule has 0 fully saturated rings. The van der Waals surface area contributed by atoms with Crippen molar-refractivity contribution in [2.45, 2.75) is 19.8 Å². The van der Waals surface area contributed by atoms with Crippen molar-refractivity contribution in [2.24, 2.45) is 5.10 Å². The first-order valence-corrected chi connectivity index (χ1v) is 10.3. The van der Waals surface area contributed by atoms with Crippen molar-refractivity contribution in [3.63, 3.8) is 0 Å². The van der Waals surface area contributed by atoms with Crippen LogP contribution in [-0.4, -0.2) is 30.4 Å². The molecule has 0 radical (unpaired) electrons. The van der Waals surface area contributed by atoms with Crippen LogP contribution in [0.2, 0.25) is 0 Å². The predicted molar refractivity (Wildman–Crippen MR) is 117 cm³/mol. The van der Waals surface area contributed by atoms with Gasteiger partial charge in [-0.1, -0.05) is 30.3 Å². The monoisotopic (exact) mass is 409 g/mol. The average molecular weight is 410 g/mol. The third kappa shape index (κ3) is 6.73. The Labute approximate surface area is 174 Å². The van der Waals surface area contributed by atoms with Crippen LogP contribution in [0.1, 0.15) is 25.3 Å². The Morgan fingerprint density at radius 1 is 1.17 bits per heavy atom. The lowest BCUT2D eigenvalue weighted by Crippen LogP contribution is -2.06. The summed E-state index contributed by atoms with van der Waals surface area (Å²) in [6.07, 6.45) is 2.73. The maximum absolute atomic E-state index is 11.3. The fourth-order valence-corrected chi connectivity index (χ4v) is 3.19. The normalized spacial score (nSPS) is 10.8. The van der Waals surface area contributed by atoms with E-state index in [1.165, 1.54) is 11.3 Å². The Hall–Kier alpha value is -3.19. The Morgan fingerprint density at radius 2 is 1.97 bits per heavy atom. The molecule has 0 unspecified atom stereocenters. The van der Waals surface area contributed by atoms with Gasteiger partial charge in [-0.3, -0.25) is 10.2 Å². The molecule has 0 bridgehead atoms.